The van der Waals surface area contributed by atoms with Gasteiger partial charge >= 0.3 is 5.97 Å². The van der Waals surface area contributed by atoms with Crippen LogP contribution in [0.2, 0.25) is 5.02 Å². The Kier molecular flexibility index (Phi) is 5.81. The van der Waals surface area contributed by atoms with Crippen LogP contribution >= 0.6 is 11.6 Å². The number of nitrogens with two attached hydrogens (primary N) is 1. The van der Waals surface area contributed by atoms with E-state index in [4.69, 9.17) is 26.8 Å². The van der Waals surface area contributed by atoms with Gasteiger partial charge in [-0.3, -0.25) is 4.79 Å². The first-order valence-electron chi connectivity index (χ1n) is 7.11. The van der Waals surface area contributed by atoms with Gasteiger partial charge in [0, 0.05) is 13.1 Å². The van der Waals surface area contributed by atoms with Crippen molar-refractivity contribution in [2.75, 3.05) is 26.3 Å². The summed E-state index contributed by atoms with van der Waals surface area (Å²) in [6, 6.07) is 3.74. The van der Waals surface area contributed by atoms with Gasteiger partial charge in [0.25, 0.3) is 5.91 Å². The second kappa shape index (κ2) is 7.47. The smallest absolute Gasteiger partial charge is 0.338 e. The quantitative estimate of drug-likeness (QED) is 0.743. The Labute approximate surface area is 144 Å². The van der Waals surface area contributed by atoms with E-state index in [2.05, 4.69) is 0 Å². The van der Waals surface area contributed by atoms with Crippen LogP contribution in [0.25, 0.3) is 0 Å². The van der Waals surface area contributed by atoms with Gasteiger partial charge in [-0.05, 0) is 25.1 Å². The predicted octanol–water partition coefficient (Wildman–Crippen LogP) is 0.392. The molecule has 1 saturated heterocycles. The van der Waals surface area contributed by atoms with Crippen LogP contribution < -0.4 is 5.73 Å². The second-order valence-corrected chi connectivity index (χ2v) is 7.43. The molecule has 1 unspecified atom stereocenters. The molecule has 24 heavy (non-hydrogen) atoms. The SMILES string of the molecule is CC(OC(=O)c1ccc(Cl)c(S(=O)(=O)N2CCOCC2)c1)C(N)=O. The Morgan fingerprint density at radius 2 is 1.96 bits per heavy atom. The third kappa shape index (κ3) is 4.04. The van der Waals surface area contributed by atoms with Gasteiger partial charge in [0.2, 0.25) is 10.0 Å². The highest BCUT2D eigenvalue weighted by atomic mass is 35.5. The minimum Gasteiger partial charge on any atom is -0.449 e. The average Bonchev–Trinajstić information content (AvgIpc) is 2.55. The van der Waals surface area contributed by atoms with Crippen molar-refractivity contribution in [2.24, 2.45) is 5.73 Å². The summed E-state index contributed by atoms with van der Waals surface area (Å²) in [5.41, 5.74) is 4.99. The zero-order chi connectivity index (χ0) is 17.9. The first-order valence-corrected chi connectivity index (χ1v) is 8.93. The van der Waals surface area contributed by atoms with Crippen LogP contribution in [-0.4, -0.2) is 57.0 Å². The fraction of sp³-hybridized carbons (Fsp3) is 0.429. The van der Waals surface area contributed by atoms with E-state index in [-0.39, 0.29) is 41.8 Å². The molecule has 1 amide bonds. The summed E-state index contributed by atoms with van der Waals surface area (Å²) in [4.78, 5) is 22.8. The highest BCUT2D eigenvalue weighted by Gasteiger charge is 2.29. The number of esters is 1. The fourth-order valence-corrected chi connectivity index (χ4v) is 3.95. The second-order valence-electron chi connectivity index (χ2n) is 5.11. The Morgan fingerprint density at radius 3 is 2.54 bits per heavy atom. The number of nitrogens with zero attached hydrogens (tertiary/aromatic N) is 1. The lowest BCUT2D eigenvalue weighted by Crippen LogP contribution is -2.40. The van der Waals surface area contributed by atoms with Crippen LogP contribution in [0.5, 0.6) is 0 Å². The van der Waals surface area contributed by atoms with Gasteiger partial charge in [0.05, 0.1) is 23.8 Å². The Balaban J connectivity index is 2.31. The van der Waals surface area contributed by atoms with Crippen LogP contribution in [0.1, 0.15) is 17.3 Å². The first kappa shape index (κ1) is 18.7. The van der Waals surface area contributed by atoms with Gasteiger partial charge in [-0.1, -0.05) is 11.6 Å². The molecule has 0 aliphatic carbocycles. The van der Waals surface area contributed by atoms with E-state index in [1.807, 2.05) is 0 Å². The molecule has 0 aromatic heterocycles. The number of primary amides is 1. The van der Waals surface area contributed by atoms with Crippen molar-refractivity contribution >= 4 is 33.5 Å². The van der Waals surface area contributed by atoms with Crippen molar-refractivity contribution in [1.82, 2.24) is 4.31 Å². The van der Waals surface area contributed by atoms with Gasteiger partial charge in [-0.2, -0.15) is 4.31 Å². The maximum absolute atomic E-state index is 12.7. The monoisotopic (exact) mass is 376 g/mol. The van der Waals surface area contributed by atoms with E-state index in [9.17, 15) is 18.0 Å². The lowest BCUT2D eigenvalue weighted by molar-refractivity contribution is -0.125. The Bertz CT molecular complexity index is 746. The fourth-order valence-electron chi connectivity index (χ4n) is 2.04. The Hall–Kier alpha value is -1.68. The van der Waals surface area contributed by atoms with Crippen molar-refractivity contribution < 1.29 is 27.5 Å². The largest absolute Gasteiger partial charge is 0.449 e. The molecule has 0 radical (unpaired) electrons. The zero-order valence-electron chi connectivity index (χ0n) is 12.9. The van der Waals surface area contributed by atoms with E-state index in [0.717, 1.165) is 6.07 Å². The summed E-state index contributed by atoms with van der Waals surface area (Å²) in [6.45, 7) is 2.29. The molecule has 1 aromatic carbocycles. The third-order valence-electron chi connectivity index (χ3n) is 3.44. The molecular formula is C14H17ClN2O6S. The molecule has 10 heteroatoms. The van der Waals surface area contributed by atoms with Gasteiger partial charge < -0.3 is 15.2 Å². The number of halogens is 1. The standard InChI is InChI=1S/C14H17ClN2O6S/c1-9(13(16)18)23-14(19)10-2-3-11(15)12(8-10)24(20,21)17-4-6-22-7-5-17/h2-3,8-9H,4-7H2,1H3,(H2,16,18). The lowest BCUT2D eigenvalue weighted by atomic mass is 10.2. The lowest BCUT2D eigenvalue weighted by Gasteiger charge is -2.26. The summed E-state index contributed by atoms with van der Waals surface area (Å²) >= 11 is 6.00. The van der Waals surface area contributed by atoms with Gasteiger partial charge in [-0.15, -0.1) is 0 Å². The van der Waals surface area contributed by atoms with Crippen molar-refractivity contribution in [3.63, 3.8) is 0 Å². The molecule has 0 bridgehead atoms. The molecule has 8 nitrogen and oxygen atoms in total. The topological polar surface area (TPSA) is 116 Å². The van der Waals surface area contributed by atoms with Crippen molar-refractivity contribution in [2.45, 2.75) is 17.9 Å². The number of benzene rings is 1. The molecule has 0 saturated carbocycles. The minimum absolute atomic E-state index is 0.0130. The summed E-state index contributed by atoms with van der Waals surface area (Å²) in [7, 11) is -3.87. The molecule has 1 aliphatic heterocycles. The van der Waals surface area contributed by atoms with Gasteiger partial charge in [-0.25, -0.2) is 13.2 Å². The molecule has 1 heterocycles. The number of sulfonamides is 1. The number of carbonyl (C=O) groups is 2. The summed E-state index contributed by atoms with van der Waals surface area (Å²) in [5.74, 6) is -1.67. The van der Waals surface area contributed by atoms with Crippen LogP contribution in [0.15, 0.2) is 23.1 Å². The highest BCUT2D eigenvalue weighted by Crippen LogP contribution is 2.27. The molecule has 1 aliphatic rings. The molecule has 1 aromatic rings. The van der Waals surface area contributed by atoms with E-state index in [0.29, 0.717) is 0 Å². The van der Waals surface area contributed by atoms with Gasteiger partial charge in [0.15, 0.2) is 6.10 Å². The third-order valence-corrected chi connectivity index (χ3v) is 5.82. The van der Waals surface area contributed by atoms with Crippen LogP contribution in [0, 0.1) is 0 Å². The number of ether oxygens (including phenoxy) is 2. The number of hydrogen-bond acceptors (Lipinski definition) is 6. The first-order chi connectivity index (χ1) is 11.2. The zero-order valence-corrected chi connectivity index (χ0v) is 14.5. The normalized spacial score (nSPS) is 17.2. The molecule has 132 valence electrons. The molecule has 0 spiro atoms. The maximum Gasteiger partial charge on any atom is 0.338 e. The highest BCUT2D eigenvalue weighted by molar-refractivity contribution is 7.89. The molecule has 1 atom stereocenters. The van der Waals surface area contributed by atoms with Crippen LogP contribution in [-0.2, 0) is 24.3 Å². The van der Waals surface area contributed by atoms with Crippen molar-refractivity contribution in [3.8, 4) is 0 Å². The molecular weight excluding hydrogens is 360 g/mol. The van der Waals surface area contributed by atoms with Crippen molar-refractivity contribution in [3.05, 3.63) is 28.8 Å². The van der Waals surface area contributed by atoms with E-state index in [1.165, 1.54) is 23.4 Å². The van der Waals surface area contributed by atoms with E-state index < -0.39 is 28.0 Å². The number of rotatable bonds is 5. The van der Waals surface area contributed by atoms with Crippen LogP contribution in [0.4, 0.5) is 0 Å². The minimum atomic E-state index is -3.87. The molecule has 2 rings (SSSR count). The average molecular weight is 377 g/mol. The Morgan fingerprint density at radius 1 is 1.33 bits per heavy atom. The van der Waals surface area contributed by atoms with Crippen molar-refractivity contribution in [1.29, 1.82) is 0 Å². The number of amides is 1. The maximum atomic E-state index is 12.7. The summed E-state index contributed by atoms with van der Waals surface area (Å²) in [6.07, 6.45) is -1.13. The van der Waals surface area contributed by atoms with Crippen LogP contribution in [0.3, 0.4) is 0 Å². The van der Waals surface area contributed by atoms with E-state index in [1.54, 1.807) is 0 Å². The molecule has 1 fully saturated rings. The summed E-state index contributed by atoms with van der Waals surface area (Å²) in [5, 5.41) is -0.0130. The van der Waals surface area contributed by atoms with E-state index >= 15 is 0 Å². The summed E-state index contributed by atoms with van der Waals surface area (Å²) < 4.78 is 36.6. The number of hydrogen-bond donors (Lipinski definition) is 1. The number of carbonyl (C=O) groups excluding carboxylic acids is 2. The predicted molar refractivity (Wildman–Crippen MR) is 85.1 cm³/mol. The van der Waals surface area contributed by atoms with Gasteiger partial charge in [0.1, 0.15) is 4.90 Å². The molecule has 2 N–H and O–H groups in total. The number of morpholine rings is 1.